The van der Waals surface area contributed by atoms with Crippen LogP contribution in [0.15, 0.2) is 41.7 Å². The molecule has 0 bridgehead atoms. The number of pyridine rings is 1. The molecule has 154 valence electrons. The SMILES string of the molecule is CNC(=O)C(=NOC)c1ccccc1COc1ncc(C(=O)OC(C)C)cc1Cl. The molecule has 0 fully saturated rings. The van der Waals surface area contributed by atoms with E-state index in [4.69, 9.17) is 25.9 Å². The van der Waals surface area contributed by atoms with Gasteiger partial charge in [0, 0.05) is 18.8 Å². The third-order valence-corrected chi connectivity index (χ3v) is 3.92. The van der Waals surface area contributed by atoms with E-state index in [2.05, 4.69) is 15.5 Å². The normalized spacial score (nSPS) is 11.2. The molecule has 0 saturated heterocycles. The van der Waals surface area contributed by atoms with Crippen molar-refractivity contribution >= 4 is 29.2 Å². The van der Waals surface area contributed by atoms with Crippen LogP contribution in [-0.4, -0.2) is 42.8 Å². The number of esters is 1. The standard InChI is InChI=1S/C20H22ClN3O5/c1-12(2)29-20(26)14-9-16(21)19(23-10-14)28-11-13-7-5-6-8-15(13)17(24-27-4)18(25)22-3/h5-10,12H,11H2,1-4H3,(H,22,25). The molecule has 0 spiro atoms. The van der Waals surface area contributed by atoms with Crippen LogP contribution in [-0.2, 0) is 21.0 Å². The Labute approximate surface area is 173 Å². The molecule has 8 nitrogen and oxygen atoms in total. The smallest absolute Gasteiger partial charge is 0.340 e. The van der Waals surface area contributed by atoms with E-state index >= 15 is 0 Å². The van der Waals surface area contributed by atoms with E-state index in [1.54, 1.807) is 38.1 Å². The number of rotatable bonds is 8. The first-order valence-electron chi connectivity index (χ1n) is 8.78. The van der Waals surface area contributed by atoms with Gasteiger partial charge < -0.3 is 19.6 Å². The number of aromatic nitrogens is 1. The summed E-state index contributed by atoms with van der Waals surface area (Å²) in [6.07, 6.45) is 1.08. The summed E-state index contributed by atoms with van der Waals surface area (Å²) in [6.45, 7) is 3.57. The molecule has 0 radical (unpaired) electrons. The summed E-state index contributed by atoms with van der Waals surface area (Å²) in [7, 11) is 2.86. The van der Waals surface area contributed by atoms with Gasteiger partial charge in [0.05, 0.1) is 11.7 Å². The van der Waals surface area contributed by atoms with Gasteiger partial charge in [0.15, 0.2) is 5.71 Å². The van der Waals surface area contributed by atoms with Gasteiger partial charge in [0.25, 0.3) is 5.91 Å². The Morgan fingerprint density at radius 3 is 2.62 bits per heavy atom. The van der Waals surface area contributed by atoms with Gasteiger partial charge in [-0.1, -0.05) is 41.0 Å². The Kier molecular flexibility index (Phi) is 7.97. The molecule has 1 aromatic heterocycles. The molecule has 9 heteroatoms. The molecule has 1 heterocycles. The van der Waals surface area contributed by atoms with Crippen LogP contribution in [0.5, 0.6) is 5.88 Å². The molecule has 0 aliphatic carbocycles. The third-order valence-electron chi connectivity index (χ3n) is 3.65. The fourth-order valence-electron chi connectivity index (χ4n) is 2.37. The van der Waals surface area contributed by atoms with Crippen LogP contribution >= 0.6 is 11.6 Å². The van der Waals surface area contributed by atoms with Crippen molar-refractivity contribution in [3.63, 3.8) is 0 Å². The van der Waals surface area contributed by atoms with Gasteiger partial charge >= 0.3 is 5.97 Å². The van der Waals surface area contributed by atoms with Crippen molar-refractivity contribution in [2.24, 2.45) is 5.16 Å². The summed E-state index contributed by atoms with van der Waals surface area (Å²) in [4.78, 5) is 33.0. The molecule has 0 unspecified atom stereocenters. The van der Waals surface area contributed by atoms with E-state index in [-0.39, 0.29) is 34.9 Å². The highest BCUT2D eigenvalue weighted by atomic mass is 35.5. The van der Waals surface area contributed by atoms with Crippen LogP contribution in [0.4, 0.5) is 0 Å². The van der Waals surface area contributed by atoms with E-state index in [0.717, 1.165) is 0 Å². The second-order valence-electron chi connectivity index (χ2n) is 6.11. The maximum Gasteiger partial charge on any atom is 0.340 e. The number of benzene rings is 1. The van der Waals surface area contributed by atoms with E-state index in [1.165, 1.54) is 26.4 Å². The molecule has 0 aliphatic rings. The molecule has 1 amide bonds. The quantitative estimate of drug-likeness (QED) is 0.401. The predicted molar refractivity (Wildman–Crippen MR) is 108 cm³/mol. The minimum atomic E-state index is -0.516. The Bertz CT molecular complexity index is 915. The van der Waals surface area contributed by atoms with E-state index in [1.807, 2.05) is 0 Å². The van der Waals surface area contributed by atoms with E-state index in [0.29, 0.717) is 11.1 Å². The van der Waals surface area contributed by atoms with Crippen LogP contribution in [0, 0.1) is 0 Å². The summed E-state index contributed by atoms with van der Waals surface area (Å²) in [5.41, 5.74) is 1.56. The molecule has 1 N–H and O–H groups in total. The number of nitrogens with zero attached hydrogens (tertiary/aromatic N) is 2. The van der Waals surface area contributed by atoms with Gasteiger partial charge in [-0.25, -0.2) is 9.78 Å². The summed E-state index contributed by atoms with van der Waals surface area (Å²) < 4.78 is 10.8. The monoisotopic (exact) mass is 419 g/mol. The number of carbonyl (C=O) groups is 2. The molecule has 29 heavy (non-hydrogen) atoms. The van der Waals surface area contributed by atoms with Crippen molar-refractivity contribution in [1.82, 2.24) is 10.3 Å². The van der Waals surface area contributed by atoms with Crippen LogP contribution in [0.1, 0.15) is 35.3 Å². The number of ether oxygens (including phenoxy) is 2. The van der Waals surface area contributed by atoms with Crippen LogP contribution in [0.2, 0.25) is 5.02 Å². The first-order chi connectivity index (χ1) is 13.9. The van der Waals surface area contributed by atoms with Gasteiger partial charge in [-0.15, -0.1) is 0 Å². The van der Waals surface area contributed by atoms with Gasteiger partial charge in [0.1, 0.15) is 18.7 Å². The Balaban J connectivity index is 2.22. The fourth-order valence-corrected chi connectivity index (χ4v) is 2.59. The van der Waals surface area contributed by atoms with Crippen molar-refractivity contribution in [1.29, 1.82) is 0 Å². The van der Waals surface area contributed by atoms with Crippen molar-refractivity contribution < 1.29 is 23.9 Å². The Hall–Kier alpha value is -3.13. The van der Waals surface area contributed by atoms with Crippen molar-refractivity contribution in [2.45, 2.75) is 26.6 Å². The number of amides is 1. The largest absolute Gasteiger partial charge is 0.472 e. The molecule has 0 aliphatic heterocycles. The number of carbonyl (C=O) groups excluding carboxylic acids is 2. The van der Waals surface area contributed by atoms with Gasteiger partial charge in [-0.05, 0) is 25.5 Å². The van der Waals surface area contributed by atoms with Gasteiger partial charge in [-0.2, -0.15) is 0 Å². The number of hydrogen-bond donors (Lipinski definition) is 1. The average Bonchev–Trinajstić information content (AvgIpc) is 2.70. The maximum atomic E-state index is 12.1. The summed E-state index contributed by atoms with van der Waals surface area (Å²) in [5, 5.41) is 6.49. The average molecular weight is 420 g/mol. The lowest BCUT2D eigenvalue weighted by molar-refractivity contribution is -0.114. The van der Waals surface area contributed by atoms with Crippen molar-refractivity contribution in [3.8, 4) is 5.88 Å². The molecule has 0 atom stereocenters. The molecule has 1 aromatic carbocycles. The predicted octanol–water partition coefficient (Wildman–Crippen LogP) is 2.98. The second-order valence-corrected chi connectivity index (χ2v) is 6.52. The first-order valence-corrected chi connectivity index (χ1v) is 9.16. The summed E-state index contributed by atoms with van der Waals surface area (Å²) >= 11 is 6.20. The van der Waals surface area contributed by atoms with Crippen molar-refractivity contribution in [2.75, 3.05) is 14.2 Å². The van der Waals surface area contributed by atoms with Crippen LogP contribution in [0.3, 0.4) is 0 Å². The van der Waals surface area contributed by atoms with E-state index in [9.17, 15) is 9.59 Å². The molecular weight excluding hydrogens is 398 g/mol. The lowest BCUT2D eigenvalue weighted by Gasteiger charge is -2.13. The van der Waals surface area contributed by atoms with Gasteiger partial charge in [-0.3, -0.25) is 4.79 Å². The molecule has 0 saturated carbocycles. The van der Waals surface area contributed by atoms with Gasteiger partial charge in [0.2, 0.25) is 5.88 Å². The Morgan fingerprint density at radius 2 is 2.00 bits per heavy atom. The maximum absolute atomic E-state index is 12.1. The number of nitrogens with one attached hydrogen (secondary N) is 1. The van der Waals surface area contributed by atoms with Crippen molar-refractivity contribution in [3.05, 3.63) is 58.2 Å². The molecular formula is C20H22ClN3O5. The highest BCUT2D eigenvalue weighted by Crippen LogP contribution is 2.24. The first kappa shape index (κ1) is 22.2. The number of halogens is 1. The molecule has 2 aromatic rings. The zero-order valence-corrected chi connectivity index (χ0v) is 17.3. The summed E-state index contributed by atoms with van der Waals surface area (Å²) in [5.74, 6) is -0.770. The third kappa shape index (κ3) is 5.92. The lowest BCUT2D eigenvalue weighted by atomic mass is 10.0. The molecule has 2 rings (SSSR count). The minimum absolute atomic E-state index is 0.0679. The fraction of sp³-hybridized carbons (Fsp3) is 0.300. The van der Waals surface area contributed by atoms with E-state index < -0.39 is 11.9 Å². The highest BCUT2D eigenvalue weighted by molar-refractivity contribution is 6.45. The minimum Gasteiger partial charge on any atom is -0.472 e. The highest BCUT2D eigenvalue weighted by Gasteiger charge is 2.18. The van der Waals surface area contributed by atoms with Crippen LogP contribution < -0.4 is 10.1 Å². The zero-order chi connectivity index (χ0) is 21.4. The Morgan fingerprint density at radius 1 is 1.28 bits per heavy atom. The summed E-state index contributed by atoms with van der Waals surface area (Å²) in [6, 6.07) is 8.52. The number of oxime groups is 1. The second kappa shape index (κ2) is 10.4. The van der Waals surface area contributed by atoms with Crippen LogP contribution in [0.25, 0.3) is 0 Å². The topological polar surface area (TPSA) is 99.1 Å². The number of likely N-dealkylation sites (N-methyl/N-ethyl adjacent to an activating group) is 1. The lowest BCUT2D eigenvalue weighted by Crippen LogP contribution is -2.29. The zero-order valence-electron chi connectivity index (χ0n) is 16.6. The number of hydrogen-bond acceptors (Lipinski definition) is 7.